The fraction of sp³-hybridized carbons (Fsp3) is 0.200. The van der Waals surface area contributed by atoms with Crippen molar-refractivity contribution in [3.05, 3.63) is 47.4 Å². The van der Waals surface area contributed by atoms with Gasteiger partial charge in [0, 0.05) is 23.9 Å². The standard InChI is InChI=1S/C15H11FN2O2/c16-12-8-13(20-14-5-1-2-6-18-14)10-4-3-7-19-15(10)11(12)9-17/h1-2,5-6,8H,3-4,7H2. The van der Waals surface area contributed by atoms with Crippen LogP contribution in [0.25, 0.3) is 0 Å². The zero-order valence-electron chi connectivity index (χ0n) is 10.6. The molecule has 1 aliphatic heterocycles. The molecule has 1 aromatic heterocycles. The summed E-state index contributed by atoms with van der Waals surface area (Å²) in [6.45, 7) is 0.480. The van der Waals surface area contributed by atoms with Crippen molar-refractivity contribution in [2.24, 2.45) is 0 Å². The van der Waals surface area contributed by atoms with E-state index >= 15 is 0 Å². The number of hydrogen-bond donors (Lipinski definition) is 0. The van der Waals surface area contributed by atoms with E-state index in [9.17, 15) is 4.39 Å². The maximum absolute atomic E-state index is 13.9. The Morgan fingerprint density at radius 1 is 1.40 bits per heavy atom. The number of nitriles is 1. The van der Waals surface area contributed by atoms with Crippen LogP contribution in [0.1, 0.15) is 17.5 Å². The number of aromatic nitrogens is 1. The summed E-state index contributed by atoms with van der Waals surface area (Å²) in [6, 6.07) is 8.30. The van der Waals surface area contributed by atoms with Crippen molar-refractivity contribution >= 4 is 0 Å². The van der Waals surface area contributed by atoms with E-state index in [1.807, 2.05) is 6.07 Å². The van der Waals surface area contributed by atoms with E-state index in [0.717, 1.165) is 12.0 Å². The van der Waals surface area contributed by atoms with Gasteiger partial charge in [0.2, 0.25) is 5.88 Å². The molecule has 0 atom stereocenters. The lowest BCUT2D eigenvalue weighted by Gasteiger charge is -2.21. The Bertz CT molecular complexity index is 681. The number of pyridine rings is 1. The van der Waals surface area contributed by atoms with Crippen LogP contribution >= 0.6 is 0 Å². The van der Waals surface area contributed by atoms with Gasteiger partial charge in [0.1, 0.15) is 28.9 Å². The molecule has 0 saturated heterocycles. The Morgan fingerprint density at radius 3 is 3.05 bits per heavy atom. The Balaban J connectivity index is 2.08. The van der Waals surface area contributed by atoms with E-state index in [1.54, 1.807) is 24.4 Å². The molecule has 0 aliphatic carbocycles. The summed E-state index contributed by atoms with van der Waals surface area (Å²) in [5.41, 5.74) is 0.660. The molecule has 2 heterocycles. The Hall–Kier alpha value is -2.61. The van der Waals surface area contributed by atoms with Gasteiger partial charge in [-0.15, -0.1) is 0 Å². The number of nitrogens with zero attached hydrogens (tertiary/aromatic N) is 2. The molecule has 0 amide bonds. The van der Waals surface area contributed by atoms with Crippen molar-refractivity contribution in [1.82, 2.24) is 4.98 Å². The lowest BCUT2D eigenvalue weighted by molar-refractivity contribution is 0.281. The molecular formula is C15H11FN2O2. The number of benzene rings is 1. The van der Waals surface area contributed by atoms with Crippen LogP contribution in [-0.4, -0.2) is 11.6 Å². The maximum Gasteiger partial charge on any atom is 0.219 e. The lowest BCUT2D eigenvalue weighted by atomic mass is 10.0. The predicted molar refractivity (Wildman–Crippen MR) is 69.2 cm³/mol. The zero-order valence-corrected chi connectivity index (χ0v) is 10.6. The molecule has 0 unspecified atom stereocenters. The second-order valence-electron chi connectivity index (χ2n) is 4.37. The number of rotatable bonds is 2. The van der Waals surface area contributed by atoms with Crippen LogP contribution in [0.5, 0.6) is 17.4 Å². The van der Waals surface area contributed by atoms with Crippen LogP contribution in [0.2, 0.25) is 0 Å². The van der Waals surface area contributed by atoms with E-state index in [0.29, 0.717) is 30.4 Å². The third kappa shape index (κ3) is 2.16. The van der Waals surface area contributed by atoms with E-state index in [1.165, 1.54) is 6.07 Å². The van der Waals surface area contributed by atoms with E-state index < -0.39 is 5.82 Å². The summed E-state index contributed by atoms with van der Waals surface area (Å²) >= 11 is 0. The second kappa shape index (κ2) is 5.17. The van der Waals surface area contributed by atoms with Crippen molar-refractivity contribution in [2.75, 3.05) is 6.61 Å². The minimum absolute atomic E-state index is 0.0620. The SMILES string of the molecule is N#Cc1c(F)cc(Oc2ccccn2)c2c1OCCC2. The van der Waals surface area contributed by atoms with Gasteiger partial charge >= 0.3 is 0 Å². The third-order valence-corrected chi connectivity index (χ3v) is 3.08. The summed E-state index contributed by atoms with van der Waals surface area (Å²) in [4.78, 5) is 4.04. The molecule has 1 aliphatic rings. The van der Waals surface area contributed by atoms with Gasteiger partial charge in [0.15, 0.2) is 0 Å². The first-order valence-corrected chi connectivity index (χ1v) is 6.27. The summed E-state index contributed by atoms with van der Waals surface area (Å²) in [5.74, 6) is 0.392. The molecule has 0 N–H and O–H groups in total. The summed E-state index contributed by atoms with van der Waals surface area (Å²) < 4.78 is 25.0. The molecule has 0 saturated carbocycles. The minimum atomic E-state index is -0.640. The minimum Gasteiger partial charge on any atom is -0.492 e. The fourth-order valence-corrected chi connectivity index (χ4v) is 2.18. The molecule has 2 aromatic rings. The first-order valence-electron chi connectivity index (χ1n) is 6.27. The van der Waals surface area contributed by atoms with Crippen LogP contribution in [0.15, 0.2) is 30.5 Å². The van der Waals surface area contributed by atoms with Gasteiger partial charge in [-0.05, 0) is 18.9 Å². The monoisotopic (exact) mass is 270 g/mol. The van der Waals surface area contributed by atoms with E-state index in [-0.39, 0.29) is 5.56 Å². The van der Waals surface area contributed by atoms with Gasteiger partial charge < -0.3 is 9.47 Å². The molecule has 0 radical (unpaired) electrons. The number of hydrogen-bond acceptors (Lipinski definition) is 4. The Morgan fingerprint density at radius 2 is 2.30 bits per heavy atom. The molecule has 0 bridgehead atoms. The zero-order chi connectivity index (χ0) is 13.9. The highest BCUT2D eigenvalue weighted by molar-refractivity contribution is 5.57. The van der Waals surface area contributed by atoms with Crippen LogP contribution in [0.3, 0.4) is 0 Å². The number of halogens is 1. The molecule has 100 valence electrons. The normalized spacial score (nSPS) is 13.0. The molecule has 1 aromatic carbocycles. The molecule has 0 spiro atoms. The van der Waals surface area contributed by atoms with Gasteiger partial charge in [-0.2, -0.15) is 5.26 Å². The highest BCUT2D eigenvalue weighted by Gasteiger charge is 2.23. The average Bonchev–Trinajstić information content (AvgIpc) is 2.49. The van der Waals surface area contributed by atoms with Crippen LogP contribution < -0.4 is 9.47 Å². The second-order valence-corrected chi connectivity index (χ2v) is 4.37. The first-order chi connectivity index (χ1) is 9.79. The molecule has 0 fully saturated rings. The maximum atomic E-state index is 13.9. The summed E-state index contributed by atoms with van der Waals surface area (Å²) in [6.07, 6.45) is 3.09. The van der Waals surface area contributed by atoms with Gasteiger partial charge in [-0.3, -0.25) is 0 Å². The van der Waals surface area contributed by atoms with Crippen molar-refractivity contribution in [3.63, 3.8) is 0 Å². The molecule has 5 heteroatoms. The van der Waals surface area contributed by atoms with Crippen LogP contribution in [0, 0.1) is 17.1 Å². The van der Waals surface area contributed by atoms with Crippen molar-refractivity contribution in [2.45, 2.75) is 12.8 Å². The molecular weight excluding hydrogens is 259 g/mol. The smallest absolute Gasteiger partial charge is 0.219 e. The fourth-order valence-electron chi connectivity index (χ4n) is 2.18. The Labute approximate surface area is 115 Å². The van der Waals surface area contributed by atoms with Crippen molar-refractivity contribution in [3.8, 4) is 23.4 Å². The van der Waals surface area contributed by atoms with Gasteiger partial charge in [-0.1, -0.05) is 6.07 Å². The van der Waals surface area contributed by atoms with Crippen molar-refractivity contribution in [1.29, 1.82) is 5.26 Å². The Kier molecular flexibility index (Phi) is 3.21. The molecule has 4 nitrogen and oxygen atoms in total. The van der Waals surface area contributed by atoms with Gasteiger partial charge in [-0.25, -0.2) is 9.37 Å². The number of ether oxygens (including phenoxy) is 2. The van der Waals surface area contributed by atoms with Crippen LogP contribution in [-0.2, 0) is 6.42 Å². The topological polar surface area (TPSA) is 55.1 Å². The van der Waals surface area contributed by atoms with Gasteiger partial charge in [0.25, 0.3) is 0 Å². The summed E-state index contributed by atoms with van der Waals surface area (Å²) in [7, 11) is 0. The predicted octanol–water partition coefficient (Wildman–Crippen LogP) is 3.21. The highest BCUT2D eigenvalue weighted by atomic mass is 19.1. The quantitative estimate of drug-likeness (QED) is 0.840. The molecule has 3 rings (SSSR count). The van der Waals surface area contributed by atoms with E-state index in [4.69, 9.17) is 14.7 Å². The first kappa shape index (κ1) is 12.4. The highest BCUT2D eigenvalue weighted by Crippen LogP contribution is 2.39. The number of fused-ring (bicyclic) bond motifs is 1. The third-order valence-electron chi connectivity index (χ3n) is 3.08. The molecule has 20 heavy (non-hydrogen) atoms. The largest absolute Gasteiger partial charge is 0.492 e. The van der Waals surface area contributed by atoms with Crippen LogP contribution in [0.4, 0.5) is 4.39 Å². The van der Waals surface area contributed by atoms with E-state index in [2.05, 4.69) is 4.98 Å². The van der Waals surface area contributed by atoms with Crippen molar-refractivity contribution < 1.29 is 13.9 Å². The summed E-state index contributed by atoms with van der Waals surface area (Å²) in [5, 5.41) is 9.03. The van der Waals surface area contributed by atoms with Gasteiger partial charge in [0.05, 0.1) is 6.61 Å². The average molecular weight is 270 g/mol. The lowest BCUT2D eigenvalue weighted by Crippen LogP contribution is -2.12.